The SMILES string of the molecule is COc1cc(C(=O)[O-])ccc1OCCO.O.[Na+]. The molecule has 0 heterocycles. The van der Waals surface area contributed by atoms with Gasteiger partial charge in [0.25, 0.3) is 0 Å². The predicted octanol–water partition coefficient (Wildman–Crippen LogP) is -4.39. The third-order valence-corrected chi connectivity index (χ3v) is 1.75. The molecule has 0 fully saturated rings. The molecule has 1 rings (SSSR count). The Morgan fingerprint density at radius 3 is 2.53 bits per heavy atom. The van der Waals surface area contributed by atoms with Gasteiger partial charge in [-0.2, -0.15) is 0 Å². The summed E-state index contributed by atoms with van der Waals surface area (Å²) in [5.41, 5.74) is 0.0169. The molecule has 3 N–H and O–H groups in total. The molecule has 0 aliphatic heterocycles. The molecule has 0 aromatic heterocycles. The van der Waals surface area contributed by atoms with E-state index in [4.69, 9.17) is 14.6 Å². The van der Waals surface area contributed by atoms with Gasteiger partial charge >= 0.3 is 29.6 Å². The van der Waals surface area contributed by atoms with Crippen LogP contribution >= 0.6 is 0 Å². The van der Waals surface area contributed by atoms with Gasteiger partial charge in [0.05, 0.1) is 19.7 Å². The van der Waals surface area contributed by atoms with E-state index in [2.05, 4.69) is 0 Å². The van der Waals surface area contributed by atoms with Crippen molar-refractivity contribution in [1.29, 1.82) is 0 Å². The standard InChI is InChI=1S/C10H12O5.Na.H2O/c1-14-9-6-7(10(12)13)2-3-8(9)15-5-4-11;;/h2-3,6,11H,4-5H2,1H3,(H,12,13);;1H2/q;+1;/p-1. The molecule has 0 atom stereocenters. The zero-order chi connectivity index (χ0) is 11.3. The van der Waals surface area contributed by atoms with E-state index < -0.39 is 5.97 Å². The molecule has 0 saturated heterocycles. The smallest absolute Gasteiger partial charge is 0.545 e. The fourth-order valence-corrected chi connectivity index (χ4v) is 1.07. The second-order valence-corrected chi connectivity index (χ2v) is 2.73. The van der Waals surface area contributed by atoms with Gasteiger partial charge in [-0.3, -0.25) is 0 Å². The molecule has 0 bridgehead atoms. The van der Waals surface area contributed by atoms with Gasteiger partial charge in [0.2, 0.25) is 0 Å². The van der Waals surface area contributed by atoms with E-state index in [0.717, 1.165) is 0 Å². The van der Waals surface area contributed by atoms with E-state index in [-0.39, 0.29) is 53.8 Å². The van der Waals surface area contributed by atoms with Crippen LogP contribution in [0.4, 0.5) is 0 Å². The largest absolute Gasteiger partial charge is 1.00 e. The summed E-state index contributed by atoms with van der Waals surface area (Å²) in [4.78, 5) is 10.5. The van der Waals surface area contributed by atoms with Crippen LogP contribution in [0.2, 0.25) is 0 Å². The van der Waals surface area contributed by atoms with Gasteiger partial charge in [0.1, 0.15) is 6.61 Å². The van der Waals surface area contributed by atoms with E-state index in [1.807, 2.05) is 0 Å². The Balaban J connectivity index is 0. The summed E-state index contributed by atoms with van der Waals surface area (Å²) >= 11 is 0. The van der Waals surface area contributed by atoms with Crippen molar-refractivity contribution in [2.24, 2.45) is 0 Å². The Bertz CT molecular complexity index is 355. The van der Waals surface area contributed by atoms with Crippen LogP contribution in [0.3, 0.4) is 0 Å². The van der Waals surface area contributed by atoms with Gasteiger partial charge in [-0.05, 0) is 18.2 Å². The van der Waals surface area contributed by atoms with Gasteiger partial charge in [-0.1, -0.05) is 0 Å². The van der Waals surface area contributed by atoms with Gasteiger partial charge in [0.15, 0.2) is 11.5 Å². The quantitative estimate of drug-likeness (QED) is 0.532. The summed E-state index contributed by atoms with van der Waals surface area (Å²) in [6.07, 6.45) is 0. The minimum atomic E-state index is -1.28. The normalized spacial score (nSPS) is 8.59. The van der Waals surface area contributed by atoms with E-state index >= 15 is 0 Å². The number of carbonyl (C=O) groups excluding carboxylic acids is 1. The predicted molar refractivity (Wildman–Crippen MR) is 53.5 cm³/mol. The molecule has 0 aliphatic rings. The first-order chi connectivity index (χ1) is 7.19. The first-order valence-corrected chi connectivity index (χ1v) is 4.32. The third kappa shape index (κ3) is 5.38. The van der Waals surface area contributed by atoms with Crippen LogP contribution in [0.15, 0.2) is 18.2 Å². The van der Waals surface area contributed by atoms with Crippen molar-refractivity contribution in [3.63, 3.8) is 0 Å². The number of aliphatic hydroxyl groups excluding tert-OH is 1. The minimum Gasteiger partial charge on any atom is -0.545 e. The molecule has 0 spiro atoms. The summed E-state index contributed by atoms with van der Waals surface area (Å²) in [7, 11) is 1.40. The molecule has 17 heavy (non-hydrogen) atoms. The molecule has 0 saturated carbocycles. The van der Waals surface area contributed by atoms with Gasteiger partial charge < -0.3 is 30.0 Å². The molecule has 7 heteroatoms. The second-order valence-electron chi connectivity index (χ2n) is 2.73. The van der Waals surface area contributed by atoms with Gasteiger partial charge in [0, 0.05) is 5.56 Å². The number of carbonyl (C=O) groups is 1. The van der Waals surface area contributed by atoms with Crippen molar-refractivity contribution in [2.75, 3.05) is 20.3 Å². The maximum Gasteiger partial charge on any atom is 1.00 e. The second kappa shape index (κ2) is 9.26. The van der Waals surface area contributed by atoms with Crippen LogP contribution in [0.5, 0.6) is 11.5 Å². The molecular weight excluding hydrogens is 239 g/mol. The Kier molecular flexibility index (Phi) is 10.1. The third-order valence-electron chi connectivity index (χ3n) is 1.75. The number of carboxylic acid groups (broad SMARTS) is 1. The summed E-state index contributed by atoms with van der Waals surface area (Å²) in [5, 5.41) is 19.1. The number of rotatable bonds is 5. The molecular formula is C10H13NaO6. The molecule has 90 valence electrons. The number of hydrogen-bond acceptors (Lipinski definition) is 5. The monoisotopic (exact) mass is 252 g/mol. The number of methoxy groups -OCH3 is 1. The molecule has 6 nitrogen and oxygen atoms in total. The Morgan fingerprint density at radius 1 is 1.41 bits per heavy atom. The molecule has 0 aliphatic carbocycles. The molecule has 0 radical (unpaired) electrons. The first kappa shape index (κ1) is 18.6. The number of hydrogen-bond donors (Lipinski definition) is 1. The summed E-state index contributed by atoms with van der Waals surface area (Å²) in [6.45, 7) is 0.00637. The van der Waals surface area contributed by atoms with Crippen molar-refractivity contribution in [3.05, 3.63) is 23.8 Å². The van der Waals surface area contributed by atoms with Crippen molar-refractivity contribution < 1.29 is 59.5 Å². The number of ether oxygens (including phenoxy) is 2. The van der Waals surface area contributed by atoms with E-state index in [1.165, 1.54) is 25.3 Å². The average Bonchev–Trinajstić information content (AvgIpc) is 2.25. The zero-order valence-electron chi connectivity index (χ0n) is 9.73. The average molecular weight is 252 g/mol. The number of benzene rings is 1. The molecule has 1 aromatic rings. The maximum absolute atomic E-state index is 10.5. The Morgan fingerprint density at radius 2 is 2.06 bits per heavy atom. The van der Waals surface area contributed by atoms with Crippen LogP contribution in [-0.2, 0) is 0 Å². The van der Waals surface area contributed by atoms with Crippen molar-refractivity contribution in [3.8, 4) is 11.5 Å². The summed E-state index contributed by atoms with van der Waals surface area (Å²) in [6, 6.07) is 4.12. The topological polar surface area (TPSA) is 110 Å². The first-order valence-electron chi connectivity index (χ1n) is 4.32. The van der Waals surface area contributed by atoms with Crippen LogP contribution in [0, 0.1) is 0 Å². The van der Waals surface area contributed by atoms with Crippen LogP contribution in [0.25, 0.3) is 0 Å². The maximum atomic E-state index is 10.5. The van der Waals surface area contributed by atoms with E-state index in [0.29, 0.717) is 11.5 Å². The van der Waals surface area contributed by atoms with E-state index in [9.17, 15) is 9.90 Å². The minimum absolute atomic E-state index is 0. The van der Waals surface area contributed by atoms with Crippen LogP contribution in [-0.4, -0.2) is 36.9 Å². The Labute approximate surface area is 121 Å². The fraction of sp³-hybridized carbons (Fsp3) is 0.300. The van der Waals surface area contributed by atoms with Crippen LogP contribution < -0.4 is 44.1 Å². The van der Waals surface area contributed by atoms with Crippen molar-refractivity contribution in [2.45, 2.75) is 0 Å². The van der Waals surface area contributed by atoms with Crippen molar-refractivity contribution in [1.82, 2.24) is 0 Å². The fourth-order valence-electron chi connectivity index (χ4n) is 1.07. The van der Waals surface area contributed by atoms with E-state index in [1.54, 1.807) is 0 Å². The Hall–Kier alpha value is -0.790. The number of aliphatic hydroxyl groups is 1. The summed E-state index contributed by atoms with van der Waals surface area (Å²) < 4.78 is 10.1. The van der Waals surface area contributed by atoms with Crippen molar-refractivity contribution >= 4 is 5.97 Å². The van der Waals surface area contributed by atoms with Gasteiger partial charge in [-0.15, -0.1) is 0 Å². The number of aromatic carboxylic acids is 1. The van der Waals surface area contributed by atoms with Crippen LogP contribution in [0.1, 0.15) is 10.4 Å². The zero-order valence-corrected chi connectivity index (χ0v) is 11.7. The summed E-state index contributed by atoms with van der Waals surface area (Å²) in [5.74, 6) is -0.594. The molecule has 0 unspecified atom stereocenters. The molecule has 1 aromatic carbocycles. The molecule has 0 amide bonds. The van der Waals surface area contributed by atoms with Gasteiger partial charge in [-0.25, -0.2) is 0 Å². The number of carboxylic acids is 1.